The third-order valence-corrected chi connectivity index (χ3v) is 7.90. The molecule has 2 aromatic heterocycles. The summed E-state index contributed by atoms with van der Waals surface area (Å²) in [6, 6.07) is 29.2. The minimum atomic E-state index is 0. The van der Waals surface area contributed by atoms with Crippen molar-refractivity contribution >= 4 is 0 Å². The smallest absolute Gasteiger partial charge is 0.000465 e. The van der Waals surface area contributed by atoms with Gasteiger partial charge >= 0.3 is 0 Å². The van der Waals surface area contributed by atoms with E-state index in [9.17, 15) is 0 Å². The molecule has 4 nitrogen and oxygen atoms in total. The number of hydrogen-bond donors (Lipinski definition) is 0. The summed E-state index contributed by atoms with van der Waals surface area (Å²) >= 11 is 0. The third kappa shape index (κ3) is 8.00. The molecule has 0 spiro atoms. The predicted molar refractivity (Wildman–Crippen MR) is 173 cm³/mol. The number of imidazole rings is 2. The maximum Gasteiger partial charge on any atom is 0.000465 e. The van der Waals surface area contributed by atoms with E-state index in [0.29, 0.717) is 0 Å². The average Bonchev–Trinajstić information content (AvgIpc) is 3.84. The van der Waals surface area contributed by atoms with Crippen molar-refractivity contribution < 1.29 is 44.8 Å². The van der Waals surface area contributed by atoms with E-state index in [0.717, 1.165) is 48.2 Å². The number of fused-ring (bicyclic) bond motifs is 6. The fraction of sp³-hybridized carbons (Fsp3) is 0.150. The van der Waals surface area contributed by atoms with E-state index >= 15 is 0 Å². The van der Waals surface area contributed by atoms with Crippen molar-refractivity contribution in [3.8, 4) is 34.1 Å². The summed E-state index contributed by atoms with van der Waals surface area (Å²) in [5.41, 5.74) is 14.5. The fourth-order valence-corrected chi connectivity index (χ4v) is 5.79. The van der Waals surface area contributed by atoms with Gasteiger partial charge in [-0.15, -0.1) is 47.8 Å². The zero-order valence-corrected chi connectivity index (χ0v) is 29.8. The van der Waals surface area contributed by atoms with Crippen LogP contribution in [0.2, 0.25) is 0 Å². The van der Waals surface area contributed by atoms with Gasteiger partial charge in [-0.2, -0.15) is 0 Å². The van der Waals surface area contributed by atoms with E-state index in [4.69, 9.17) is 12.8 Å². The van der Waals surface area contributed by atoms with Crippen molar-refractivity contribution in [2.45, 2.75) is 25.7 Å². The zero-order valence-electron chi connectivity index (χ0n) is 25.5. The number of aromatic nitrogens is 4. The van der Waals surface area contributed by atoms with Gasteiger partial charge in [0.1, 0.15) is 0 Å². The Bertz CT molecular complexity index is 1890. The molecule has 0 amide bonds. The molecule has 236 valence electrons. The van der Waals surface area contributed by atoms with E-state index in [-0.39, 0.29) is 44.8 Å². The average molecular weight is 961 g/mol. The predicted octanol–water partition coefficient (Wildman–Crippen LogP) is 6.93. The summed E-state index contributed by atoms with van der Waals surface area (Å²) < 4.78 is 3.67. The quantitative estimate of drug-likeness (QED) is 0.110. The Labute approximate surface area is 303 Å². The van der Waals surface area contributed by atoms with E-state index < -0.39 is 0 Å². The minimum absolute atomic E-state index is 0. The number of hydrogen-bond acceptors (Lipinski definition) is 2. The van der Waals surface area contributed by atoms with Crippen molar-refractivity contribution in [3.05, 3.63) is 168 Å². The van der Waals surface area contributed by atoms with E-state index in [1.807, 2.05) is 47.8 Å². The molecule has 0 atom stereocenters. The Morgan fingerprint density at radius 1 is 0.587 bits per heavy atom. The Kier molecular flexibility index (Phi) is 12.1. The van der Waals surface area contributed by atoms with Crippen LogP contribution in [0.3, 0.4) is 0 Å². The molecule has 4 aromatic carbocycles. The van der Waals surface area contributed by atoms with Gasteiger partial charge in [-0.05, 0) is 60.3 Å². The van der Waals surface area contributed by atoms with E-state index in [1.165, 1.54) is 44.5 Å². The molecular weight excluding hydrogens is 930 g/mol. The first kappa shape index (κ1) is 34.8. The number of aryl methyl sites for hydroxylation is 4. The molecule has 0 fully saturated rings. The molecule has 6 aromatic rings. The van der Waals surface area contributed by atoms with Gasteiger partial charge in [-0.3, -0.25) is 11.8 Å². The van der Waals surface area contributed by atoms with E-state index in [1.54, 1.807) is 0 Å². The summed E-state index contributed by atoms with van der Waals surface area (Å²) in [7, 11) is 3.84. The summed E-state index contributed by atoms with van der Waals surface area (Å²) in [5.74, 6) is 4.87. The van der Waals surface area contributed by atoms with Crippen LogP contribution in [-0.4, -0.2) is 19.1 Å². The van der Waals surface area contributed by atoms with Gasteiger partial charge in [0.25, 0.3) is 0 Å². The summed E-state index contributed by atoms with van der Waals surface area (Å²) in [5, 5.41) is 0. The summed E-state index contributed by atoms with van der Waals surface area (Å²) in [4.78, 5) is 8.26. The van der Waals surface area contributed by atoms with Gasteiger partial charge in [-0.25, -0.2) is 0 Å². The molecule has 2 radical (unpaired) electrons. The first-order chi connectivity index (χ1) is 21.5. The minimum Gasteiger partial charge on any atom is -0.456 e. The van der Waals surface area contributed by atoms with Gasteiger partial charge in [0.2, 0.25) is 0 Å². The van der Waals surface area contributed by atoms with Gasteiger partial charge in [0.05, 0.1) is 0 Å². The largest absolute Gasteiger partial charge is 0.456 e. The Morgan fingerprint density at radius 2 is 0.978 bits per heavy atom. The summed E-state index contributed by atoms with van der Waals surface area (Å²) in [6.07, 6.45) is 27.7. The van der Waals surface area contributed by atoms with Gasteiger partial charge in [0, 0.05) is 57.4 Å². The molecule has 0 aliphatic heterocycles. The van der Waals surface area contributed by atoms with Gasteiger partial charge in [0.15, 0.2) is 0 Å². The van der Waals surface area contributed by atoms with Crippen LogP contribution >= 0.6 is 0 Å². The molecule has 0 saturated carbocycles. The standard InChI is InChI=1S/2C15H9.C10H12N4.2Au/c2*1-2-11-7-8-15-13(9-11)10-12-5-3-4-6-14(12)15;1-13-5-9(11-7-13)3-4-10-6-14(2)8-12-10;;/h2*3-9H,10H2;5-6H,3-4H2,1-2H3;;/q2*-1;-2;;. The second kappa shape index (κ2) is 15.9. The Balaban J connectivity index is 0.000000153. The van der Waals surface area contributed by atoms with Crippen LogP contribution in [0, 0.1) is 37.3 Å². The topological polar surface area (TPSA) is 35.6 Å². The Morgan fingerprint density at radius 3 is 1.35 bits per heavy atom. The summed E-state index contributed by atoms with van der Waals surface area (Å²) in [6.45, 7) is 0. The van der Waals surface area contributed by atoms with Crippen LogP contribution in [0.5, 0.6) is 0 Å². The second-order valence-corrected chi connectivity index (χ2v) is 11.0. The van der Waals surface area contributed by atoms with Crippen molar-refractivity contribution in [3.63, 3.8) is 0 Å². The van der Waals surface area contributed by atoms with Crippen molar-refractivity contribution in [2.24, 2.45) is 14.1 Å². The van der Waals surface area contributed by atoms with Crippen LogP contribution in [0.4, 0.5) is 0 Å². The molecule has 2 aliphatic rings. The fourth-order valence-electron chi connectivity index (χ4n) is 5.79. The molecule has 0 N–H and O–H groups in total. The molecule has 2 heterocycles. The number of benzene rings is 4. The van der Waals surface area contributed by atoms with Gasteiger partial charge in [-0.1, -0.05) is 96.0 Å². The van der Waals surface area contributed by atoms with Gasteiger partial charge < -0.3 is 31.9 Å². The molecule has 6 heteroatoms. The van der Waals surface area contributed by atoms with Crippen molar-refractivity contribution in [1.82, 2.24) is 19.1 Å². The molecule has 0 bridgehead atoms. The number of rotatable bonds is 3. The number of nitrogens with zero attached hydrogens (tertiary/aromatic N) is 4. The first-order valence-electron chi connectivity index (χ1n) is 14.6. The molecule has 0 saturated heterocycles. The van der Waals surface area contributed by atoms with Crippen LogP contribution in [-0.2, 0) is 84.5 Å². The van der Waals surface area contributed by atoms with Crippen molar-refractivity contribution in [1.29, 1.82) is 0 Å². The molecule has 46 heavy (non-hydrogen) atoms. The molecule has 2 aliphatic carbocycles. The zero-order chi connectivity index (χ0) is 30.5. The van der Waals surface area contributed by atoms with Crippen LogP contribution in [0.15, 0.2) is 97.3 Å². The third-order valence-electron chi connectivity index (χ3n) is 7.90. The SMILES string of the molecule is Cn1[c-]nc(CCc2cn(C)[c-]n2)c1.[Au].[Au].[C-]#Cc1ccc2c(c1)Cc1ccccc1-2.[C-]#Cc1ccc2c(c1)Cc1ccccc1-2. The monoisotopic (exact) mass is 960 g/mol. The van der Waals surface area contributed by atoms with Crippen LogP contribution in [0.1, 0.15) is 44.8 Å². The van der Waals surface area contributed by atoms with E-state index in [2.05, 4.69) is 107 Å². The second-order valence-electron chi connectivity index (χ2n) is 11.0. The Hall–Kier alpha value is -4.10. The molecule has 8 rings (SSSR count). The van der Waals surface area contributed by atoms with Crippen molar-refractivity contribution in [2.75, 3.05) is 0 Å². The normalized spacial score (nSPS) is 10.9. The van der Waals surface area contributed by atoms with Crippen LogP contribution < -0.4 is 0 Å². The first-order valence-corrected chi connectivity index (χ1v) is 14.6. The maximum atomic E-state index is 7.12. The van der Waals surface area contributed by atoms with Crippen LogP contribution in [0.25, 0.3) is 22.3 Å². The molecular formula is C40H30Au2N4-4. The molecule has 0 unspecified atom stereocenters. The maximum absolute atomic E-state index is 7.12.